The van der Waals surface area contributed by atoms with Crippen LogP contribution in [0.5, 0.6) is 0 Å². The van der Waals surface area contributed by atoms with Crippen LogP contribution in [-0.4, -0.2) is 33.0 Å². The highest BCUT2D eigenvalue weighted by molar-refractivity contribution is 5.60. The molecular weight excluding hydrogens is 274 g/mol. The van der Waals surface area contributed by atoms with Crippen LogP contribution in [0.2, 0.25) is 0 Å². The number of anilines is 1. The molecule has 0 unspecified atom stereocenters. The molecule has 1 aromatic carbocycles. The van der Waals surface area contributed by atoms with Crippen LogP contribution in [0, 0.1) is 0 Å². The number of rotatable bonds is 3. The van der Waals surface area contributed by atoms with Crippen LogP contribution in [0.25, 0.3) is 11.3 Å². The SMILES string of the molecule is c1ccc(-c2cnc(N3CCC(c4cnc[nH]4)CC3)[nH]2)cc1. The number of nitrogens with zero attached hydrogens (tertiary/aromatic N) is 3. The molecule has 112 valence electrons. The van der Waals surface area contributed by atoms with Crippen molar-refractivity contribution in [3.63, 3.8) is 0 Å². The summed E-state index contributed by atoms with van der Waals surface area (Å²) in [6.07, 6.45) is 7.89. The number of hydrogen-bond donors (Lipinski definition) is 2. The standard InChI is InChI=1S/C17H19N5/c1-2-4-13(5-3-1)16-11-19-17(21-16)22-8-6-14(7-9-22)15-10-18-12-20-15/h1-5,10-12,14H,6-9H2,(H,18,20)(H,19,21). The van der Waals surface area contributed by atoms with E-state index in [2.05, 4.69) is 37.0 Å². The maximum absolute atomic E-state index is 4.55. The fraction of sp³-hybridized carbons (Fsp3) is 0.294. The topological polar surface area (TPSA) is 60.6 Å². The van der Waals surface area contributed by atoms with E-state index < -0.39 is 0 Å². The summed E-state index contributed by atoms with van der Waals surface area (Å²) in [6.45, 7) is 2.04. The lowest BCUT2D eigenvalue weighted by Crippen LogP contribution is -2.33. The van der Waals surface area contributed by atoms with Crippen molar-refractivity contribution in [1.82, 2.24) is 19.9 Å². The van der Waals surface area contributed by atoms with Gasteiger partial charge >= 0.3 is 0 Å². The maximum Gasteiger partial charge on any atom is 0.203 e. The largest absolute Gasteiger partial charge is 0.348 e. The lowest BCUT2D eigenvalue weighted by Gasteiger charge is -2.31. The van der Waals surface area contributed by atoms with Gasteiger partial charge < -0.3 is 14.9 Å². The predicted octanol–water partition coefficient (Wildman–Crippen LogP) is 3.18. The zero-order chi connectivity index (χ0) is 14.8. The van der Waals surface area contributed by atoms with E-state index in [1.165, 1.54) is 11.3 Å². The first kappa shape index (κ1) is 13.1. The average Bonchev–Trinajstić information content (AvgIpc) is 3.28. The van der Waals surface area contributed by atoms with Gasteiger partial charge in [0.2, 0.25) is 5.95 Å². The first-order valence-electron chi connectivity index (χ1n) is 7.74. The molecule has 0 spiro atoms. The third-order valence-corrected chi connectivity index (χ3v) is 4.40. The van der Waals surface area contributed by atoms with Crippen LogP contribution in [0.3, 0.4) is 0 Å². The van der Waals surface area contributed by atoms with Crippen molar-refractivity contribution >= 4 is 5.95 Å². The highest BCUT2D eigenvalue weighted by Gasteiger charge is 2.23. The lowest BCUT2D eigenvalue weighted by atomic mass is 9.94. The summed E-state index contributed by atoms with van der Waals surface area (Å²) in [7, 11) is 0. The van der Waals surface area contributed by atoms with Gasteiger partial charge in [0.25, 0.3) is 0 Å². The Labute approximate surface area is 129 Å². The van der Waals surface area contributed by atoms with Crippen LogP contribution in [-0.2, 0) is 0 Å². The molecule has 2 aromatic heterocycles. The lowest BCUT2D eigenvalue weighted by molar-refractivity contribution is 0.493. The number of piperidine rings is 1. The second kappa shape index (κ2) is 5.67. The Balaban J connectivity index is 1.45. The Morgan fingerprint density at radius 3 is 2.59 bits per heavy atom. The molecule has 5 heteroatoms. The Morgan fingerprint density at radius 1 is 1.05 bits per heavy atom. The van der Waals surface area contributed by atoms with Gasteiger partial charge in [0, 0.05) is 30.9 Å². The molecule has 3 aromatic rings. The molecule has 1 aliphatic rings. The van der Waals surface area contributed by atoms with E-state index in [0.717, 1.165) is 37.6 Å². The number of nitrogens with one attached hydrogen (secondary N) is 2. The highest BCUT2D eigenvalue weighted by Crippen LogP contribution is 2.29. The van der Waals surface area contributed by atoms with Crippen molar-refractivity contribution in [3.8, 4) is 11.3 Å². The second-order valence-corrected chi connectivity index (χ2v) is 5.75. The zero-order valence-electron chi connectivity index (χ0n) is 12.4. The summed E-state index contributed by atoms with van der Waals surface area (Å²) >= 11 is 0. The van der Waals surface area contributed by atoms with Crippen LogP contribution in [0.4, 0.5) is 5.95 Å². The molecule has 1 saturated heterocycles. The number of imidazole rings is 2. The summed E-state index contributed by atoms with van der Waals surface area (Å²) in [6, 6.07) is 10.3. The third-order valence-electron chi connectivity index (χ3n) is 4.40. The molecule has 1 fully saturated rings. The molecule has 2 N–H and O–H groups in total. The van der Waals surface area contributed by atoms with Gasteiger partial charge in [0.1, 0.15) is 0 Å². The molecule has 1 aliphatic heterocycles. The molecule has 22 heavy (non-hydrogen) atoms. The van der Waals surface area contributed by atoms with Crippen molar-refractivity contribution < 1.29 is 0 Å². The monoisotopic (exact) mass is 293 g/mol. The molecule has 0 aliphatic carbocycles. The van der Waals surface area contributed by atoms with E-state index in [0.29, 0.717) is 5.92 Å². The van der Waals surface area contributed by atoms with Crippen LogP contribution < -0.4 is 4.90 Å². The van der Waals surface area contributed by atoms with E-state index in [1.807, 2.05) is 30.6 Å². The van der Waals surface area contributed by atoms with Gasteiger partial charge in [-0.3, -0.25) is 0 Å². The van der Waals surface area contributed by atoms with Gasteiger partial charge in [0.15, 0.2) is 0 Å². The van der Waals surface area contributed by atoms with Crippen molar-refractivity contribution in [2.24, 2.45) is 0 Å². The van der Waals surface area contributed by atoms with Gasteiger partial charge in [0.05, 0.1) is 18.2 Å². The normalized spacial score (nSPS) is 16.1. The Morgan fingerprint density at radius 2 is 1.86 bits per heavy atom. The summed E-state index contributed by atoms with van der Waals surface area (Å²) in [5, 5.41) is 0. The second-order valence-electron chi connectivity index (χ2n) is 5.75. The molecule has 4 rings (SSSR count). The Bertz CT molecular complexity index is 709. The third kappa shape index (κ3) is 2.50. The molecule has 0 amide bonds. The summed E-state index contributed by atoms with van der Waals surface area (Å²) < 4.78 is 0. The smallest absolute Gasteiger partial charge is 0.203 e. The van der Waals surface area contributed by atoms with E-state index in [-0.39, 0.29) is 0 Å². The molecule has 0 atom stereocenters. The summed E-state index contributed by atoms with van der Waals surface area (Å²) in [4.78, 5) is 17.7. The molecule has 0 saturated carbocycles. The molecule has 0 radical (unpaired) electrons. The van der Waals surface area contributed by atoms with Crippen LogP contribution >= 0.6 is 0 Å². The average molecular weight is 293 g/mol. The van der Waals surface area contributed by atoms with Gasteiger partial charge in [-0.15, -0.1) is 0 Å². The van der Waals surface area contributed by atoms with Crippen molar-refractivity contribution in [2.75, 3.05) is 18.0 Å². The Kier molecular flexibility index (Phi) is 3.39. The number of H-pyrrole nitrogens is 2. The van der Waals surface area contributed by atoms with E-state index in [1.54, 1.807) is 6.33 Å². The first-order chi connectivity index (χ1) is 10.9. The van der Waals surface area contributed by atoms with Gasteiger partial charge in [-0.05, 0) is 18.4 Å². The van der Waals surface area contributed by atoms with Crippen LogP contribution in [0.1, 0.15) is 24.5 Å². The van der Waals surface area contributed by atoms with Crippen LogP contribution in [0.15, 0.2) is 49.1 Å². The first-order valence-corrected chi connectivity index (χ1v) is 7.74. The van der Waals surface area contributed by atoms with Crippen molar-refractivity contribution in [1.29, 1.82) is 0 Å². The molecule has 0 bridgehead atoms. The fourth-order valence-electron chi connectivity index (χ4n) is 3.13. The minimum Gasteiger partial charge on any atom is -0.348 e. The predicted molar refractivity (Wildman–Crippen MR) is 86.8 cm³/mol. The van der Waals surface area contributed by atoms with E-state index in [4.69, 9.17) is 0 Å². The number of hydrogen-bond acceptors (Lipinski definition) is 3. The number of aromatic nitrogens is 4. The molecular formula is C17H19N5. The summed E-state index contributed by atoms with van der Waals surface area (Å²) in [5.41, 5.74) is 3.50. The number of benzene rings is 1. The van der Waals surface area contributed by atoms with Crippen molar-refractivity contribution in [2.45, 2.75) is 18.8 Å². The van der Waals surface area contributed by atoms with Crippen molar-refractivity contribution in [3.05, 3.63) is 54.7 Å². The maximum atomic E-state index is 4.55. The highest BCUT2D eigenvalue weighted by atomic mass is 15.3. The van der Waals surface area contributed by atoms with Gasteiger partial charge in [-0.2, -0.15) is 0 Å². The molecule has 5 nitrogen and oxygen atoms in total. The van der Waals surface area contributed by atoms with E-state index in [9.17, 15) is 0 Å². The zero-order valence-corrected chi connectivity index (χ0v) is 12.4. The Hall–Kier alpha value is -2.56. The number of aromatic amines is 2. The quantitative estimate of drug-likeness (QED) is 0.779. The minimum atomic E-state index is 0.585. The van der Waals surface area contributed by atoms with Gasteiger partial charge in [-0.1, -0.05) is 30.3 Å². The van der Waals surface area contributed by atoms with E-state index >= 15 is 0 Å². The summed E-state index contributed by atoms with van der Waals surface area (Å²) in [5.74, 6) is 1.56. The van der Waals surface area contributed by atoms with Gasteiger partial charge in [-0.25, -0.2) is 9.97 Å². The molecule has 3 heterocycles. The fourth-order valence-corrected chi connectivity index (χ4v) is 3.13. The minimum absolute atomic E-state index is 0.585.